The van der Waals surface area contributed by atoms with E-state index in [2.05, 4.69) is 15.3 Å². The molecule has 9 nitrogen and oxygen atoms in total. The summed E-state index contributed by atoms with van der Waals surface area (Å²) in [6, 6.07) is 16.0. The van der Waals surface area contributed by atoms with Gasteiger partial charge in [-0.3, -0.25) is 14.4 Å². The number of carbonyl (C=O) groups is 3. The van der Waals surface area contributed by atoms with Crippen molar-refractivity contribution in [1.82, 2.24) is 15.3 Å². The number of ether oxygens (including phenoxy) is 3. The Hall–Kier alpha value is -4.70. The van der Waals surface area contributed by atoms with Crippen molar-refractivity contribution in [3.63, 3.8) is 0 Å². The Kier molecular flexibility index (Phi) is 7.38. The van der Waals surface area contributed by atoms with Crippen LogP contribution in [-0.2, 0) is 27.2 Å². The van der Waals surface area contributed by atoms with Gasteiger partial charge in [0.2, 0.25) is 5.88 Å². The maximum atomic E-state index is 13.2. The third kappa shape index (κ3) is 5.58. The predicted molar refractivity (Wildman–Crippen MR) is 150 cm³/mol. The Morgan fingerprint density at radius 1 is 0.952 bits per heavy atom. The fourth-order valence-corrected chi connectivity index (χ4v) is 5.01. The number of aromatic nitrogens is 2. The van der Waals surface area contributed by atoms with Crippen molar-refractivity contribution < 1.29 is 33.0 Å². The number of halogens is 1. The van der Waals surface area contributed by atoms with Gasteiger partial charge in [0.25, 0.3) is 5.91 Å². The van der Waals surface area contributed by atoms with E-state index in [4.69, 9.17) is 14.2 Å². The van der Waals surface area contributed by atoms with Crippen molar-refractivity contribution in [3.8, 4) is 17.4 Å². The minimum atomic E-state index is -0.958. The van der Waals surface area contributed by atoms with Crippen LogP contribution < -0.4 is 14.8 Å². The number of benzene rings is 3. The normalized spacial score (nSPS) is 15.5. The SMILES string of the molecule is COc1cc2ncnc(Oc3ccc(CC(=O)C4(C(=O)Cc5ccc(F)cc5)CC4)cc3)c2cc1C(=O)NC1COC1. The zero-order valence-corrected chi connectivity index (χ0v) is 22.9. The summed E-state index contributed by atoms with van der Waals surface area (Å²) in [6.45, 7) is 0.933. The van der Waals surface area contributed by atoms with Gasteiger partial charge in [0.05, 0.1) is 48.2 Å². The first kappa shape index (κ1) is 27.5. The second-order valence-corrected chi connectivity index (χ2v) is 10.6. The van der Waals surface area contributed by atoms with Gasteiger partial charge in [-0.2, -0.15) is 0 Å². The van der Waals surface area contributed by atoms with Crippen molar-refractivity contribution >= 4 is 28.4 Å². The van der Waals surface area contributed by atoms with Crippen molar-refractivity contribution in [1.29, 1.82) is 0 Å². The third-order valence-electron chi connectivity index (χ3n) is 7.74. The van der Waals surface area contributed by atoms with Crippen LogP contribution in [0.15, 0.2) is 67.0 Å². The molecule has 1 saturated heterocycles. The van der Waals surface area contributed by atoms with E-state index >= 15 is 0 Å². The maximum Gasteiger partial charge on any atom is 0.255 e. The smallest absolute Gasteiger partial charge is 0.255 e. The molecule has 42 heavy (non-hydrogen) atoms. The highest BCUT2D eigenvalue weighted by atomic mass is 19.1. The highest BCUT2D eigenvalue weighted by Gasteiger charge is 2.54. The largest absolute Gasteiger partial charge is 0.496 e. The summed E-state index contributed by atoms with van der Waals surface area (Å²) in [6.07, 6.45) is 2.67. The molecule has 6 rings (SSSR count). The number of methoxy groups -OCH3 is 1. The van der Waals surface area contributed by atoms with E-state index in [-0.39, 0.29) is 48.1 Å². The monoisotopic (exact) mass is 569 g/mol. The Morgan fingerprint density at radius 2 is 1.60 bits per heavy atom. The number of carbonyl (C=O) groups excluding carboxylic acids is 3. The fraction of sp³-hybridized carbons (Fsp3) is 0.281. The lowest BCUT2D eigenvalue weighted by molar-refractivity contribution is -0.133. The van der Waals surface area contributed by atoms with Gasteiger partial charge in [0.15, 0.2) is 11.6 Å². The molecule has 1 aliphatic carbocycles. The number of nitrogens with zero attached hydrogens (tertiary/aromatic N) is 2. The molecule has 0 bridgehead atoms. The van der Waals surface area contributed by atoms with Gasteiger partial charge in [-0.25, -0.2) is 14.4 Å². The van der Waals surface area contributed by atoms with Gasteiger partial charge in [-0.15, -0.1) is 0 Å². The van der Waals surface area contributed by atoms with Gasteiger partial charge in [-0.05, 0) is 54.3 Å². The van der Waals surface area contributed by atoms with Crippen molar-refractivity contribution in [2.24, 2.45) is 5.41 Å². The molecule has 0 radical (unpaired) electrons. The fourth-order valence-electron chi connectivity index (χ4n) is 5.01. The topological polar surface area (TPSA) is 117 Å². The van der Waals surface area contributed by atoms with Crippen LogP contribution in [0, 0.1) is 11.2 Å². The molecular weight excluding hydrogens is 541 g/mol. The lowest BCUT2D eigenvalue weighted by atomic mass is 9.88. The molecule has 2 aliphatic rings. The van der Waals surface area contributed by atoms with Crippen LogP contribution in [-0.4, -0.2) is 53.8 Å². The van der Waals surface area contributed by atoms with E-state index in [1.54, 1.807) is 48.5 Å². The molecule has 1 amide bonds. The molecular formula is C32H28FN3O6. The molecule has 0 spiro atoms. The number of ketones is 2. The highest BCUT2D eigenvalue weighted by Crippen LogP contribution is 2.48. The van der Waals surface area contributed by atoms with Crippen LogP contribution in [0.5, 0.6) is 17.4 Å². The zero-order chi connectivity index (χ0) is 29.3. The molecule has 1 aliphatic heterocycles. The molecule has 1 N–H and O–H groups in total. The Labute approximate surface area is 241 Å². The lowest BCUT2D eigenvalue weighted by Gasteiger charge is -2.27. The van der Waals surface area contributed by atoms with Crippen LogP contribution in [0.25, 0.3) is 10.9 Å². The minimum Gasteiger partial charge on any atom is -0.496 e. The predicted octanol–water partition coefficient (Wildman–Crippen LogP) is 4.40. The van der Waals surface area contributed by atoms with Gasteiger partial charge >= 0.3 is 0 Å². The molecule has 1 saturated carbocycles. The van der Waals surface area contributed by atoms with Crippen LogP contribution in [0.1, 0.15) is 34.3 Å². The summed E-state index contributed by atoms with van der Waals surface area (Å²) in [4.78, 5) is 47.6. The van der Waals surface area contributed by atoms with Crippen LogP contribution in [0.3, 0.4) is 0 Å². The second kappa shape index (κ2) is 11.3. The van der Waals surface area contributed by atoms with Gasteiger partial charge in [0.1, 0.15) is 23.6 Å². The van der Waals surface area contributed by atoms with Gasteiger partial charge < -0.3 is 19.5 Å². The number of amides is 1. The first-order valence-electron chi connectivity index (χ1n) is 13.6. The molecule has 214 valence electrons. The summed E-state index contributed by atoms with van der Waals surface area (Å²) >= 11 is 0. The van der Waals surface area contributed by atoms with E-state index in [9.17, 15) is 18.8 Å². The summed E-state index contributed by atoms with van der Waals surface area (Å²) in [5, 5.41) is 3.44. The van der Waals surface area contributed by atoms with Crippen LogP contribution >= 0.6 is 0 Å². The Morgan fingerprint density at radius 3 is 2.17 bits per heavy atom. The molecule has 0 atom stereocenters. The Balaban J connectivity index is 1.15. The van der Waals surface area contributed by atoms with Crippen molar-refractivity contribution in [2.75, 3.05) is 20.3 Å². The van der Waals surface area contributed by atoms with E-state index in [1.165, 1.54) is 25.6 Å². The molecule has 2 fully saturated rings. The number of hydrogen-bond donors (Lipinski definition) is 1. The van der Waals surface area contributed by atoms with E-state index in [0.29, 0.717) is 59.6 Å². The van der Waals surface area contributed by atoms with Gasteiger partial charge in [-0.1, -0.05) is 24.3 Å². The van der Waals surface area contributed by atoms with Crippen LogP contribution in [0.2, 0.25) is 0 Å². The molecule has 4 aromatic rings. The summed E-state index contributed by atoms with van der Waals surface area (Å²) in [5.74, 6) is 0.220. The lowest BCUT2D eigenvalue weighted by Crippen LogP contribution is -2.48. The first-order valence-corrected chi connectivity index (χ1v) is 13.6. The highest BCUT2D eigenvalue weighted by molar-refractivity contribution is 6.11. The van der Waals surface area contributed by atoms with Crippen molar-refractivity contribution in [2.45, 2.75) is 31.7 Å². The molecule has 3 aromatic carbocycles. The average molecular weight is 570 g/mol. The minimum absolute atomic E-state index is 0.0474. The van der Waals surface area contributed by atoms with E-state index < -0.39 is 5.41 Å². The molecule has 1 aromatic heterocycles. The summed E-state index contributed by atoms with van der Waals surface area (Å²) in [7, 11) is 1.49. The number of rotatable bonds is 11. The number of nitrogens with one attached hydrogen (secondary N) is 1. The Bertz CT molecular complexity index is 1660. The molecule has 2 heterocycles. The summed E-state index contributed by atoms with van der Waals surface area (Å²) in [5.41, 5.74) is 1.36. The average Bonchev–Trinajstić information content (AvgIpc) is 3.79. The third-order valence-corrected chi connectivity index (χ3v) is 7.74. The van der Waals surface area contributed by atoms with E-state index in [1.807, 2.05) is 0 Å². The zero-order valence-electron chi connectivity index (χ0n) is 22.9. The quantitative estimate of drug-likeness (QED) is 0.264. The van der Waals surface area contributed by atoms with Crippen molar-refractivity contribution in [3.05, 3.63) is 89.5 Å². The van der Waals surface area contributed by atoms with Gasteiger partial charge in [0, 0.05) is 18.9 Å². The summed E-state index contributed by atoms with van der Waals surface area (Å²) < 4.78 is 29.8. The second-order valence-electron chi connectivity index (χ2n) is 10.6. The maximum absolute atomic E-state index is 13.2. The molecule has 10 heteroatoms. The van der Waals surface area contributed by atoms with Crippen LogP contribution in [0.4, 0.5) is 4.39 Å². The molecule has 0 unspecified atom stereocenters. The first-order chi connectivity index (χ1) is 20.3. The number of hydrogen-bond acceptors (Lipinski definition) is 8. The van der Waals surface area contributed by atoms with E-state index in [0.717, 1.165) is 5.56 Å². The number of Topliss-reactive ketones (excluding diaryl/α,β-unsaturated/α-hetero) is 2. The standard InChI is InChI=1S/C32H28FN3O6/c1-40-27-15-26-24(14-25(27)30(39)36-22-16-41-17-22)31(35-18-34-26)42-23-8-4-20(5-9-23)13-29(38)32(10-11-32)28(37)12-19-2-6-21(33)7-3-19/h2-9,14-15,18,22H,10-13,16-17H2,1H3,(H,36,39). The number of fused-ring (bicyclic) bond motifs is 1.